The standard InChI is InChI=1S/C17H25NO5/c1-18-7-5-17(19,6-8-18)13-3-4-14(16-21-9-10-22-16)15(11-13)23-12-20-2/h3-4,11,16,19H,5-10,12H2,1-2H3. The van der Waals surface area contributed by atoms with Crippen LogP contribution < -0.4 is 4.74 Å². The fourth-order valence-corrected chi connectivity index (χ4v) is 3.08. The van der Waals surface area contributed by atoms with Crippen molar-refractivity contribution in [2.24, 2.45) is 0 Å². The third-order valence-electron chi connectivity index (χ3n) is 4.57. The van der Waals surface area contributed by atoms with Gasteiger partial charge in [0.05, 0.1) is 18.8 Å². The summed E-state index contributed by atoms with van der Waals surface area (Å²) in [6, 6.07) is 5.77. The zero-order valence-corrected chi connectivity index (χ0v) is 13.8. The van der Waals surface area contributed by atoms with Crippen LogP contribution in [0.1, 0.15) is 30.3 Å². The number of hydrogen-bond acceptors (Lipinski definition) is 6. The van der Waals surface area contributed by atoms with Crippen LogP contribution in [0.15, 0.2) is 18.2 Å². The second-order valence-electron chi connectivity index (χ2n) is 6.21. The fraction of sp³-hybridized carbons (Fsp3) is 0.647. The Morgan fingerprint density at radius 3 is 2.61 bits per heavy atom. The average molecular weight is 323 g/mol. The fourth-order valence-electron chi connectivity index (χ4n) is 3.08. The number of methoxy groups -OCH3 is 1. The van der Waals surface area contributed by atoms with Crippen molar-refractivity contribution in [2.45, 2.75) is 24.7 Å². The van der Waals surface area contributed by atoms with Crippen molar-refractivity contribution < 1.29 is 24.1 Å². The summed E-state index contributed by atoms with van der Waals surface area (Å²) in [5.74, 6) is 0.642. The molecule has 0 amide bonds. The maximum atomic E-state index is 11.0. The minimum absolute atomic E-state index is 0.143. The number of rotatable bonds is 5. The number of piperidine rings is 1. The van der Waals surface area contributed by atoms with Crippen LogP contribution in [0.3, 0.4) is 0 Å². The van der Waals surface area contributed by atoms with Crippen molar-refractivity contribution in [1.29, 1.82) is 0 Å². The van der Waals surface area contributed by atoms with Gasteiger partial charge in [0.1, 0.15) is 5.75 Å². The van der Waals surface area contributed by atoms with Gasteiger partial charge in [0, 0.05) is 25.8 Å². The highest BCUT2D eigenvalue weighted by Crippen LogP contribution is 2.38. The molecular formula is C17H25NO5. The van der Waals surface area contributed by atoms with Crippen molar-refractivity contribution in [3.63, 3.8) is 0 Å². The van der Waals surface area contributed by atoms with E-state index in [1.165, 1.54) is 0 Å². The third kappa shape index (κ3) is 3.67. The van der Waals surface area contributed by atoms with Crippen molar-refractivity contribution in [1.82, 2.24) is 4.90 Å². The number of likely N-dealkylation sites (tertiary alicyclic amines) is 1. The summed E-state index contributed by atoms with van der Waals surface area (Å²) >= 11 is 0. The van der Waals surface area contributed by atoms with Crippen LogP contribution in [-0.2, 0) is 19.8 Å². The number of benzene rings is 1. The number of aliphatic hydroxyl groups is 1. The van der Waals surface area contributed by atoms with Gasteiger partial charge in [-0.05, 0) is 37.6 Å². The lowest BCUT2D eigenvalue weighted by atomic mass is 9.84. The van der Waals surface area contributed by atoms with E-state index in [1.807, 2.05) is 18.2 Å². The SMILES string of the molecule is COCOc1cc(C2(O)CCN(C)CC2)ccc1C1OCCO1. The monoisotopic (exact) mass is 323 g/mol. The molecule has 6 heteroatoms. The van der Waals surface area contributed by atoms with Crippen molar-refractivity contribution in [2.75, 3.05) is 47.3 Å². The lowest BCUT2D eigenvalue weighted by Crippen LogP contribution is -2.40. The molecule has 0 atom stereocenters. The Labute approximate surface area is 136 Å². The van der Waals surface area contributed by atoms with Crippen LogP contribution in [0.5, 0.6) is 5.75 Å². The molecule has 0 radical (unpaired) electrons. The molecule has 0 unspecified atom stereocenters. The predicted octanol–water partition coefficient (Wildman–Crippen LogP) is 1.63. The molecule has 6 nitrogen and oxygen atoms in total. The molecule has 0 saturated carbocycles. The molecular weight excluding hydrogens is 298 g/mol. The highest BCUT2D eigenvalue weighted by molar-refractivity contribution is 5.41. The molecule has 2 aliphatic heterocycles. The average Bonchev–Trinajstić information content (AvgIpc) is 3.10. The summed E-state index contributed by atoms with van der Waals surface area (Å²) in [6.45, 7) is 3.05. The Hall–Kier alpha value is -1.18. The molecule has 0 spiro atoms. The second kappa shape index (κ2) is 7.15. The molecule has 1 aromatic carbocycles. The number of nitrogens with zero attached hydrogens (tertiary/aromatic N) is 1. The van der Waals surface area contributed by atoms with E-state index in [9.17, 15) is 5.11 Å². The van der Waals surface area contributed by atoms with Crippen molar-refractivity contribution in [3.8, 4) is 5.75 Å². The smallest absolute Gasteiger partial charge is 0.188 e. The Morgan fingerprint density at radius 2 is 1.96 bits per heavy atom. The highest BCUT2D eigenvalue weighted by Gasteiger charge is 2.34. The van der Waals surface area contributed by atoms with Gasteiger partial charge in [-0.15, -0.1) is 0 Å². The maximum Gasteiger partial charge on any atom is 0.188 e. The van der Waals surface area contributed by atoms with Gasteiger partial charge in [-0.1, -0.05) is 6.07 Å². The molecule has 2 fully saturated rings. The molecule has 0 aromatic heterocycles. The molecule has 2 saturated heterocycles. The Bertz CT molecular complexity index is 522. The van der Waals surface area contributed by atoms with E-state index >= 15 is 0 Å². The zero-order valence-electron chi connectivity index (χ0n) is 13.8. The Kier molecular flexibility index (Phi) is 5.18. The highest BCUT2D eigenvalue weighted by atomic mass is 16.7. The van der Waals surface area contributed by atoms with Crippen LogP contribution in [0.4, 0.5) is 0 Å². The van der Waals surface area contributed by atoms with E-state index in [1.54, 1.807) is 7.11 Å². The van der Waals surface area contributed by atoms with Crippen LogP contribution >= 0.6 is 0 Å². The first kappa shape index (κ1) is 16.7. The Balaban J connectivity index is 1.86. The molecule has 1 aromatic rings. The summed E-state index contributed by atoms with van der Waals surface area (Å²) in [4.78, 5) is 2.23. The first-order valence-electron chi connectivity index (χ1n) is 8.03. The summed E-state index contributed by atoms with van der Waals surface area (Å²) in [6.07, 6.45) is 1.01. The predicted molar refractivity (Wildman–Crippen MR) is 84.2 cm³/mol. The quantitative estimate of drug-likeness (QED) is 0.831. The molecule has 0 aliphatic carbocycles. The van der Waals surface area contributed by atoms with E-state index in [2.05, 4.69) is 11.9 Å². The normalized spacial score (nSPS) is 22.4. The van der Waals surface area contributed by atoms with Gasteiger partial charge in [-0.25, -0.2) is 0 Å². The van der Waals surface area contributed by atoms with Gasteiger partial charge in [-0.3, -0.25) is 0 Å². The molecule has 0 bridgehead atoms. The van der Waals surface area contributed by atoms with E-state index in [-0.39, 0.29) is 6.79 Å². The molecule has 3 rings (SSSR count). The lowest BCUT2D eigenvalue weighted by molar-refractivity contribution is -0.0482. The molecule has 23 heavy (non-hydrogen) atoms. The minimum Gasteiger partial charge on any atom is -0.467 e. The molecule has 2 heterocycles. The van der Waals surface area contributed by atoms with Gasteiger partial charge in [0.2, 0.25) is 0 Å². The topological polar surface area (TPSA) is 60.4 Å². The van der Waals surface area contributed by atoms with Crippen LogP contribution in [-0.4, -0.2) is 57.3 Å². The Morgan fingerprint density at radius 1 is 1.26 bits per heavy atom. The lowest BCUT2D eigenvalue weighted by Gasteiger charge is -2.37. The van der Waals surface area contributed by atoms with Gasteiger partial charge >= 0.3 is 0 Å². The van der Waals surface area contributed by atoms with Crippen LogP contribution in [0, 0.1) is 0 Å². The molecule has 2 aliphatic rings. The van der Waals surface area contributed by atoms with Gasteiger partial charge in [0.15, 0.2) is 13.1 Å². The summed E-state index contributed by atoms with van der Waals surface area (Å²) in [5, 5.41) is 11.0. The molecule has 1 N–H and O–H groups in total. The largest absolute Gasteiger partial charge is 0.467 e. The summed E-state index contributed by atoms with van der Waals surface area (Å²) in [5.41, 5.74) is 0.895. The van der Waals surface area contributed by atoms with Gasteiger partial charge in [0.25, 0.3) is 0 Å². The van der Waals surface area contributed by atoms with Crippen LogP contribution in [0.25, 0.3) is 0 Å². The maximum absolute atomic E-state index is 11.0. The van der Waals surface area contributed by atoms with Crippen molar-refractivity contribution in [3.05, 3.63) is 29.3 Å². The first-order valence-corrected chi connectivity index (χ1v) is 8.03. The third-order valence-corrected chi connectivity index (χ3v) is 4.57. The van der Waals surface area contributed by atoms with Crippen molar-refractivity contribution >= 4 is 0 Å². The second-order valence-corrected chi connectivity index (χ2v) is 6.21. The van der Waals surface area contributed by atoms with Gasteiger partial charge in [-0.2, -0.15) is 0 Å². The van der Waals surface area contributed by atoms with Gasteiger partial charge < -0.3 is 29.0 Å². The zero-order chi connectivity index (χ0) is 16.3. The summed E-state index contributed by atoms with van der Waals surface area (Å²) in [7, 11) is 3.65. The minimum atomic E-state index is -0.812. The van der Waals surface area contributed by atoms with E-state index in [4.69, 9.17) is 18.9 Å². The first-order chi connectivity index (χ1) is 11.1. The number of ether oxygens (including phenoxy) is 4. The van der Waals surface area contributed by atoms with E-state index in [0.29, 0.717) is 31.8 Å². The molecule has 128 valence electrons. The number of hydrogen-bond donors (Lipinski definition) is 1. The summed E-state index contributed by atoms with van der Waals surface area (Å²) < 4.78 is 21.9. The van der Waals surface area contributed by atoms with E-state index in [0.717, 1.165) is 24.2 Å². The van der Waals surface area contributed by atoms with E-state index < -0.39 is 11.9 Å². The van der Waals surface area contributed by atoms with Crippen LogP contribution in [0.2, 0.25) is 0 Å².